The highest BCUT2D eigenvalue weighted by Gasteiger charge is 2.25. The molecule has 0 saturated carbocycles. The summed E-state index contributed by atoms with van der Waals surface area (Å²) in [6.45, 7) is 1.43. The second-order valence-electron chi connectivity index (χ2n) is 4.64. The molecule has 2 aromatic rings. The second kappa shape index (κ2) is 4.46. The Morgan fingerprint density at radius 2 is 2.11 bits per heavy atom. The van der Waals surface area contributed by atoms with Crippen LogP contribution in [-0.4, -0.2) is 28.7 Å². The lowest BCUT2D eigenvalue weighted by Gasteiger charge is -2.22. The first-order chi connectivity index (χ1) is 8.77. The largest absolute Gasteiger partial charge is 0.478 e. The van der Waals surface area contributed by atoms with E-state index in [0.717, 1.165) is 23.9 Å². The van der Waals surface area contributed by atoms with Crippen molar-refractivity contribution in [2.75, 3.05) is 13.2 Å². The standard InChI is InChI=1S/C14H15NO3/c16-14(17)11-9-15-6-2-1-3-12(15)13(11)10-4-7-18-8-5-10/h1-3,6,9-10H,4-5,7-8H2,(H,16,17). The van der Waals surface area contributed by atoms with Gasteiger partial charge in [-0.1, -0.05) is 6.07 Å². The number of ether oxygens (including phenoxy) is 1. The highest BCUT2D eigenvalue weighted by atomic mass is 16.5. The van der Waals surface area contributed by atoms with Crippen molar-refractivity contribution in [1.82, 2.24) is 4.40 Å². The Kier molecular flexibility index (Phi) is 2.80. The second-order valence-corrected chi connectivity index (χ2v) is 4.64. The summed E-state index contributed by atoms with van der Waals surface area (Å²) < 4.78 is 7.25. The SMILES string of the molecule is O=C(O)c1cn2ccccc2c1C1CCOCC1. The zero-order valence-corrected chi connectivity index (χ0v) is 10.0. The van der Waals surface area contributed by atoms with E-state index in [4.69, 9.17) is 4.74 Å². The lowest BCUT2D eigenvalue weighted by Crippen LogP contribution is -2.16. The van der Waals surface area contributed by atoms with Crippen molar-refractivity contribution in [2.24, 2.45) is 0 Å². The van der Waals surface area contributed by atoms with E-state index in [0.29, 0.717) is 18.8 Å². The molecule has 3 heterocycles. The van der Waals surface area contributed by atoms with Gasteiger partial charge in [-0.3, -0.25) is 0 Å². The van der Waals surface area contributed by atoms with Crippen LogP contribution in [0.3, 0.4) is 0 Å². The van der Waals surface area contributed by atoms with E-state index < -0.39 is 5.97 Å². The molecule has 0 bridgehead atoms. The van der Waals surface area contributed by atoms with Crippen molar-refractivity contribution in [1.29, 1.82) is 0 Å². The Bertz CT molecular complexity index is 582. The number of aromatic nitrogens is 1. The fourth-order valence-corrected chi connectivity index (χ4v) is 2.73. The number of rotatable bonds is 2. The van der Waals surface area contributed by atoms with E-state index in [1.165, 1.54) is 0 Å². The third kappa shape index (κ3) is 1.78. The number of carboxylic acid groups (broad SMARTS) is 1. The Labute approximate surface area is 105 Å². The summed E-state index contributed by atoms with van der Waals surface area (Å²) in [5.74, 6) is -0.558. The van der Waals surface area contributed by atoms with Crippen LogP contribution in [0.25, 0.3) is 5.52 Å². The molecular formula is C14H15NO3. The zero-order valence-electron chi connectivity index (χ0n) is 10.0. The average Bonchev–Trinajstić information content (AvgIpc) is 2.79. The lowest BCUT2D eigenvalue weighted by molar-refractivity contribution is 0.0686. The minimum atomic E-state index is -0.847. The molecule has 18 heavy (non-hydrogen) atoms. The number of fused-ring (bicyclic) bond motifs is 1. The molecule has 94 valence electrons. The molecule has 1 aliphatic rings. The lowest BCUT2D eigenvalue weighted by atomic mass is 9.89. The molecule has 0 aliphatic carbocycles. The van der Waals surface area contributed by atoms with E-state index in [1.807, 2.05) is 28.8 Å². The van der Waals surface area contributed by atoms with Gasteiger partial charge in [0.2, 0.25) is 0 Å². The predicted octanol–water partition coefficient (Wildman–Crippen LogP) is 2.53. The Morgan fingerprint density at radius 1 is 1.33 bits per heavy atom. The van der Waals surface area contributed by atoms with Gasteiger partial charge in [0.05, 0.1) is 5.56 Å². The van der Waals surface area contributed by atoms with Gasteiger partial charge in [-0.05, 0) is 36.5 Å². The van der Waals surface area contributed by atoms with Gasteiger partial charge in [0.15, 0.2) is 0 Å². The van der Waals surface area contributed by atoms with E-state index in [1.54, 1.807) is 6.20 Å². The summed E-state index contributed by atoms with van der Waals surface area (Å²) in [7, 11) is 0. The maximum Gasteiger partial charge on any atom is 0.337 e. The van der Waals surface area contributed by atoms with Crippen molar-refractivity contribution in [3.63, 3.8) is 0 Å². The summed E-state index contributed by atoms with van der Waals surface area (Å²) >= 11 is 0. The molecular weight excluding hydrogens is 230 g/mol. The van der Waals surface area contributed by atoms with Crippen LogP contribution in [0, 0.1) is 0 Å². The van der Waals surface area contributed by atoms with Crippen molar-refractivity contribution in [3.05, 3.63) is 41.7 Å². The van der Waals surface area contributed by atoms with E-state index in [-0.39, 0.29) is 5.92 Å². The Hall–Kier alpha value is -1.81. The molecule has 0 amide bonds. The van der Waals surface area contributed by atoms with Crippen molar-refractivity contribution < 1.29 is 14.6 Å². The number of carboxylic acids is 1. The first-order valence-electron chi connectivity index (χ1n) is 6.18. The van der Waals surface area contributed by atoms with E-state index >= 15 is 0 Å². The summed E-state index contributed by atoms with van der Waals surface area (Å²) in [6.07, 6.45) is 5.40. The number of hydrogen-bond acceptors (Lipinski definition) is 2. The number of pyridine rings is 1. The molecule has 1 saturated heterocycles. The van der Waals surface area contributed by atoms with Crippen LogP contribution in [0.1, 0.15) is 34.7 Å². The Morgan fingerprint density at radius 3 is 2.83 bits per heavy atom. The first kappa shape index (κ1) is 11.3. The maximum atomic E-state index is 11.4. The molecule has 3 rings (SSSR count). The van der Waals surface area contributed by atoms with Gasteiger partial charge in [-0.2, -0.15) is 0 Å². The number of hydrogen-bond donors (Lipinski definition) is 1. The summed E-state index contributed by atoms with van der Waals surface area (Å²) in [5, 5.41) is 9.35. The van der Waals surface area contributed by atoms with Gasteiger partial charge < -0.3 is 14.2 Å². The van der Waals surface area contributed by atoms with Gasteiger partial charge in [-0.15, -0.1) is 0 Å². The third-order valence-electron chi connectivity index (χ3n) is 3.58. The van der Waals surface area contributed by atoms with Crippen LogP contribution in [0.5, 0.6) is 0 Å². The van der Waals surface area contributed by atoms with Crippen LogP contribution < -0.4 is 0 Å². The molecule has 0 radical (unpaired) electrons. The quantitative estimate of drug-likeness (QED) is 0.884. The van der Waals surface area contributed by atoms with Crippen LogP contribution in [0.15, 0.2) is 30.6 Å². The van der Waals surface area contributed by atoms with Crippen molar-refractivity contribution in [2.45, 2.75) is 18.8 Å². The van der Waals surface area contributed by atoms with E-state index in [9.17, 15) is 9.90 Å². The summed E-state index contributed by atoms with van der Waals surface area (Å²) in [6, 6.07) is 5.84. The van der Waals surface area contributed by atoms with Gasteiger partial charge in [0, 0.05) is 31.1 Å². The topological polar surface area (TPSA) is 50.9 Å². The molecule has 2 aromatic heterocycles. The molecule has 4 nitrogen and oxygen atoms in total. The van der Waals surface area contributed by atoms with Crippen LogP contribution >= 0.6 is 0 Å². The minimum absolute atomic E-state index is 0.289. The van der Waals surface area contributed by atoms with Crippen molar-refractivity contribution in [3.8, 4) is 0 Å². The molecule has 0 unspecified atom stereocenters. The normalized spacial score (nSPS) is 17.1. The fourth-order valence-electron chi connectivity index (χ4n) is 2.73. The molecule has 0 aromatic carbocycles. The van der Waals surface area contributed by atoms with Gasteiger partial charge in [-0.25, -0.2) is 4.79 Å². The maximum absolute atomic E-state index is 11.4. The van der Waals surface area contributed by atoms with Gasteiger partial charge in [0.1, 0.15) is 0 Å². The fraction of sp³-hybridized carbons (Fsp3) is 0.357. The third-order valence-corrected chi connectivity index (χ3v) is 3.58. The Balaban J connectivity index is 2.17. The van der Waals surface area contributed by atoms with E-state index in [2.05, 4.69) is 0 Å². The molecule has 1 fully saturated rings. The average molecular weight is 245 g/mol. The smallest absolute Gasteiger partial charge is 0.337 e. The van der Waals surface area contributed by atoms with Crippen LogP contribution in [-0.2, 0) is 4.74 Å². The zero-order chi connectivity index (χ0) is 12.5. The summed E-state index contributed by atoms with van der Waals surface area (Å²) in [4.78, 5) is 11.4. The van der Waals surface area contributed by atoms with Gasteiger partial charge >= 0.3 is 5.97 Å². The number of carbonyl (C=O) groups is 1. The highest BCUT2D eigenvalue weighted by molar-refractivity contribution is 5.92. The minimum Gasteiger partial charge on any atom is -0.478 e. The summed E-state index contributed by atoms with van der Waals surface area (Å²) in [5.41, 5.74) is 2.39. The van der Waals surface area contributed by atoms with Crippen molar-refractivity contribution >= 4 is 11.5 Å². The van der Waals surface area contributed by atoms with Crippen LogP contribution in [0.4, 0.5) is 0 Å². The monoisotopic (exact) mass is 245 g/mol. The molecule has 0 atom stereocenters. The molecule has 4 heteroatoms. The molecule has 1 N–H and O–H groups in total. The molecule has 0 spiro atoms. The highest BCUT2D eigenvalue weighted by Crippen LogP contribution is 2.33. The molecule has 1 aliphatic heterocycles. The number of nitrogens with zero attached hydrogens (tertiary/aromatic N) is 1. The number of aromatic carboxylic acids is 1. The first-order valence-corrected chi connectivity index (χ1v) is 6.18. The predicted molar refractivity (Wildman–Crippen MR) is 67.2 cm³/mol. The van der Waals surface area contributed by atoms with Gasteiger partial charge in [0.25, 0.3) is 0 Å². The van der Waals surface area contributed by atoms with Crippen LogP contribution in [0.2, 0.25) is 0 Å².